The van der Waals surface area contributed by atoms with Crippen molar-refractivity contribution in [3.05, 3.63) is 0 Å². The van der Waals surface area contributed by atoms with Crippen molar-refractivity contribution in [3.63, 3.8) is 0 Å². The maximum atomic E-state index is 11.4. The maximum Gasteiger partial charge on any atom is 0.328 e. The Morgan fingerprint density at radius 2 is 1.71 bits per heavy atom. The lowest BCUT2D eigenvalue weighted by atomic mass is 10.0. The third kappa shape index (κ3) is 7.57. The molecule has 0 aliphatic heterocycles. The van der Waals surface area contributed by atoms with Gasteiger partial charge in [0.25, 0.3) is 0 Å². The van der Waals surface area contributed by atoms with Gasteiger partial charge in [-0.2, -0.15) is 0 Å². The van der Waals surface area contributed by atoms with E-state index in [-0.39, 0.29) is 6.04 Å². The van der Waals surface area contributed by atoms with Gasteiger partial charge in [-0.25, -0.2) is 9.59 Å². The number of aliphatic hydroxyl groups is 1. The van der Waals surface area contributed by atoms with E-state index in [1.807, 2.05) is 6.92 Å². The zero-order chi connectivity index (χ0) is 13.4. The summed E-state index contributed by atoms with van der Waals surface area (Å²) in [6.07, 6.45) is 1.83. The fourth-order valence-electron chi connectivity index (χ4n) is 1.26. The van der Waals surface area contributed by atoms with Crippen LogP contribution >= 0.6 is 0 Å². The van der Waals surface area contributed by atoms with Gasteiger partial charge in [0, 0.05) is 6.04 Å². The summed E-state index contributed by atoms with van der Waals surface area (Å²) in [7, 11) is 0. The molecule has 0 aromatic heterocycles. The molecule has 6 heteroatoms. The van der Waals surface area contributed by atoms with Crippen LogP contribution in [0.1, 0.15) is 33.6 Å². The van der Waals surface area contributed by atoms with Crippen molar-refractivity contribution < 1.29 is 19.8 Å². The third-order valence-electron chi connectivity index (χ3n) is 2.34. The van der Waals surface area contributed by atoms with Crippen LogP contribution in [0.25, 0.3) is 0 Å². The smallest absolute Gasteiger partial charge is 0.328 e. The Hall–Kier alpha value is -1.30. The minimum atomic E-state index is -1.26. The van der Waals surface area contributed by atoms with Gasteiger partial charge in [-0.15, -0.1) is 0 Å². The van der Waals surface area contributed by atoms with Crippen LogP contribution in [0, 0.1) is 5.92 Å². The molecule has 0 aromatic carbocycles. The molecule has 0 spiro atoms. The number of carbonyl (C=O) groups excluding carboxylic acids is 1. The number of carboxylic acids is 1. The number of nitrogens with one attached hydrogen (secondary N) is 2. The van der Waals surface area contributed by atoms with Gasteiger partial charge in [-0.3, -0.25) is 0 Å². The Balaban J connectivity index is 3.95. The van der Waals surface area contributed by atoms with Crippen molar-refractivity contribution in [1.29, 1.82) is 0 Å². The second kappa shape index (κ2) is 7.89. The summed E-state index contributed by atoms with van der Waals surface area (Å²) in [6, 6.07) is -1.85. The van der Waals surface area contributed by atoms with Gasteiger partial charge in [0.05, 0.1) is 6.61 Å². The van der Waals surface area contributed by atoms with Crippen LogP contribution in [0.4, 0.5) is 4.79 Å². The van der Waals surface area contributed by atoms with Crippen LogP contribution in [0.2, 0.25) is 0 Å². The van der Waals surface area contributed by atoms with Gasteiger partial charge in [0.1, 0.15) is 0 Å². The highest BCUT2D eigenvalue weighted by Gasteiger charge is 2.19. The van der Waals surface area contributed by atoms with E-state index >= 15 is 0 Å². The third-order valence-corrected chi connectivity index (χ3v) is 2.34. The molecule has 2 amide bonds. The second-order valence-electron chi connectivity index (χ2n) is 4.56. The molecule has 17 heavy (non-hydrogen) atoms. The van der Waals surface area contributed by atoms with Gasteiger partial charge in [-0.05, 0) is 25.7 Å². The van der Waals surface area contributed by atoms with E-state index in [9.17, 15) is 9.59 Å². The van der Waals surface area contributed by atoms with E-state index in [0.29, 0.717) is 5.92 Å². The fraction of sp³-hybridized carbons (Fsp3) is 0.818. The van der Waals surface area contributed by atoms with Crippen molar-refractivity contribution in [1.82, 2.24) is 10.6 Å². The van der Waals surface area contributed by atoms with Gasteiger partial charge in [0.15, 0.2) is 6.04 Å². The lowest BCUT2D eigenvalue weighted by molar-refractivity contribution is -0.140. The Kier molecular flexibility index (Phi) is 7.29. The van der Waals surface area contributed by atoms with Gasteiger partial charge >= 0.3 is 12.0 Å². The summed E-state index contributed by atoms with van der Waals surface area (Å²) >= 11 is 0. The van der Waals surface area contributed by atoms with E-state index < -0.39 is 24.6 Å². The molecule has 0 rings (SSSR count). The van der Waals surface area contributed by atoms with Crippen LogP contribution in [0.15, 0.2) is 0 Å². The molecule has 0 saturated heterocycles. The number of hydrogen-bond donors (Lipinski definition) is 4. The first-order valence-corrected chi connectivity index (χ1v) is 5.77. The first-order chi connectivity index (χ1) is 7.86. The molecule has 2 atom stereocenters. The standard InChI is InChI=1S/C11H22N2O4/c1-7(2)4-5-8(3)12-11(17)13-9(6-14)10(15)16/h7-9,14H,4-6H2,1-3H3,(H,15,16)(H2,12,13,17). The minimum absolute atomic E-state index is 0.0227. The van der Waals surface area contributed by atoms with Gasteiger partial charge in [-0.1, -0.05) is 13.8 Å². The van der Waals surface area contributed by atoms with Crippen LogP contribution < -0.4 is 10.6 Å². The Morgan fingerprint density at radius 1 is 1.12 bits per heavy atom. The molecular formula is C11H22N2O4. The number of carbonyl (C=O) groups is 2. The summed E-state index contributed by atoms with van der Waals surface area (Å²) in [6.45, 7) is 5.43. The summed E-state index contributed by atoms with van der Waals surface area (Å²) in [5, 5.41) is 22.2. The lowest BCUT2D eigenvalue weighted by Gasteiger charge is -2.17. The summed E-state index contributed by atoms with van der Waals surface area (Å²) < 4.78 is 0. The van der Waals surface area contributed by atoms with Crippen LogP contribution in [-0.2, 0) is 4.79 Å². The predicted molar refractivity (Wildman–Crippen MR) is 63.7 cm³/mol. The minimum Gasteiger partial charge on any atom is -0.480 e. The zero-order valence-electron chi connectivity index (χ0n) is 10.6. The molecule has 0 saturated carbocycles. The van der Waals surface area contributed by atoms with Crippen LogP contribution in [0.5, 0.6) is 0 Å². The maximum absolute atomic E-state index is 11.4. The van der Waals surface area contributed by atoms with Crippen LogP contribution in [-0.4, -0.2) is 40.9 Å². The summed E-state index contributed by atoms with van der Waals surface area (Å²) in [5.41, 5.74) is 0. The van der Waals surface area contributed by atoms with Gasteiger partial charge in [0.2, 0.25) is 0 Å². The first kappa shape index (κ1) is 15.7. The molecule has 0 fully saturated rings. The molecule has 2 unspecified atom stereocenters. The Morgan fingerprint density at radius 3 is 2.12 bits per heavy atom. The summed E-state index contributed by atoms with van der Waals surface area (Å²) in [4.78, 5) is 21.9. The Bertz CT molecular complexity index is 256. The van der Waals surface area contributed by atoms with Crippen LogP contribution in [0.3, 0.4) is 0 Å². The number of hydrogen-bond acceptors (Lipinski definition) is 3. The first-order valence-electron chi connectivity index (χ1n) is 5.77. The van der Waals surface area contributed by atoms with Crippen molar-refractivity contribution in [2.24, 2.45) is 5.92 Å². The molecule has 0 heterocycles. The topological polar surface area (TPSA) is 98.7 Å². The highest BCUT2D eigenvalue weighted by atomic mass is 16.4. The molecule has 0 aromatic rings. The van der Waals surface area contributed by atoms with E-state index in [1.54, 1.807) is 0 Å². The number of aliphatic carboxylic acids is 1. The number of amides is 2. The van der Waals surface area contributed by atoms with Crippen molar-refractivity contribution in [3.8, 4) is 0 Å². The number of carboxylic acid groups (broad SMARTS) is 1. The molecule has 0 radical (unpaired) electrons. The van der Waals surface area contributed by atoms with E-state index in [2.05, 4.69) is 24.5 Å². The average Bonchev–Trinajstić information content (AvgIpc) is 2.22. The number of rotatable bonds is 7. The quantitative estimate of drug-likeness (QED) is 0.527. The zero-order valence-corrected chi connectivity index (χ0v) is 10.6. The van der Waals surface area contributed by atoms with Gasteiger partial charge < -0.3 is 20.8 Å². The number of aliphatic hydroxyl groups excluding tert-OH is 1. The fourth-order valence-corrected chi connectivity index (χ4v) is 1.26. The molecule has 100 valence electrons. The van der Waals surface area contributed by atoms with E-state index in [1.165, 1.54) is 0 Å². The molecule has 0 aliphatic rings. The molecular weight excluding hydrogens is 224 g/mol. The largest absolute Gasteiger partial charge is 0.480 e. The highest BCUT2D eigenvalue weighted by molar-refractivity contribution is 5.82. The molecule has 0 aliphatic carbocycles. The highest BCUT2D eigenvalue weighted by Crippen LogP contribution is 2.06. The molecule has 6 nitrogen and oxygen atoms in total. The van der Waals surface area contributed by atoms with E-state index in [0.717, 1.165) is 12.8 Å². The lowest BCUT2D eigenvalue weighted by Crippen LogP contribution is -2.49. The number of urea groups is 1. The van der Waals surface area contributed by atoms with Crippen molar-refractivity contribution >= 4 is 12.0 Å². The molecule has 4 N–H and O–H groups in total. The SMILES string of the molecule is CC(C)CCC(C)NC(=O)NC(CO)C(=O)O. The predicted octanol–water partition coefficient (Wildman–Crippen LogP) is 0.556. The Labute approximate surface area is 101 Å². The summed E-state index contributed by atoms with van der Waals surface area (Å²) in [5.74, 6) is -0.691. The molecule has 0 bridgehead atoms. The normalized spacial score (nSPS) is 14.2. The monoisotopic (exact) mass is 246 g/mol. The van der Waals surface area contributed by atoms with Crippen molar-refractivity contribution in [2.45, 2.75) is 45.7 Å². The average molecular weight is 246 g/mol. The van der Waals surface area contributed by atoms with E-state index in [4.69, 9.17) is 10.2 Å². The second-order valence-corrected chi connectivity index (χ2v) is 4.56. The van der Waals surface area contributed by atoms with Crippen molar-refractivity contribution in [2.75, 3.05) is 6.61 Å².